The topological polar surface area (TPSA) is 24.3 Å². The van der Waals surface area contributed by atoms with Crippen LogP contribution in [0.25, 0.3) is 27.6 Å². The van der Waals surface area contributed by atoms with E-state index in [1.54, 1.807) is 36.4 Å². The molecule has 0 saturated carbocycles. The molecule has 8 aromatic rings. The van der Waals surface area contributed by atoms with E-state index in [0.29, 0.717) is 12.2 Å². The molecule has 0 radical (unpaired) electrons. The van der Waals surface area contributed by atoms with Crippen LogP contribution in [0.3, 0.4) is 0 Å². The second-order valence-corrected chi connectivity index (χ2v) is 19.9. The van der Waals surface area contributed by atoms with Crippen LogP contribution in [0.2, 0.25) is 0 Å². The maximum atomic E-state index is 8.81. The van der Waals surface area contributed by atoms with Crippen LogP contribution >= 0.6 is 0 Å². The quantitative estimate of drug-likeness (QED) is 0.149. The Bertz CT molecular complexity index is 3140. The van der Waals surface area contributed by atoms with Crippen LogP contribution in [0, 0.1) is 18.8 Å². The van der Waals surface area contributed by atoms with Crippen LogP contribution in [0.1, 0.15) is 123 Å². The zero-order valence-corrected chi connectivity index (χ0v) is 39.9. The van der Waals surface area contributed by atoms with E-state index in [9.17, 15) is 0 Å². The predicted molar refractivity (Wildman–Crippen MR) is 262 cm³/mol. The van der Waals surface area contributed by atoms with Crippen molar-refractivity contribution in [2.75, 3.05) is 9.80 Å². The van der Waals surface area contributed by atoms with Gasteiger partial charge in [0, 0.05) is 63.5 Å². The van der Waals surface area contributed by atoms with Crippen molar-refractivity contribution >= 4 is 44.6 Å². The number of anilines is 4. The number of hydrogen-bond donors (Lipinski definition) is 0. The zero-order valence-electron chi connectivity index (χ0n) is 43.7. The normalized spacial score (nSPS) is 15.3. The third-order valence-corrected chi connectivity index (χ3v) is 12.2. The summed E-state index contributed by atoms with van der Waals surface area (Å²) in [4.78, 5) is 9.45. The summed E-state index contributed by atoms with van der Waals surface area (Å²) in [6.45, 7) is 16.8. The number of rotatable bonds is 7. The number of nitrogens with zero attached hydrogens (tertiary/aromatic N) is 4. The van der Waals surface area contributed by atoms with E-state index >= 15 is 0 Å². The third-order valence-electron chi connectivity index (χ3n) is 12.2. The second kappa shape index (κ2) is 16.3. The number of benzene rings is 6. The molecule has 0 amide bonds. The monoisotopic (exact) mass is 1010 g/mol. The summed E-state index contributed by atoms with van der Waals surface area (Å²) in [7, 11) is 0. The average molecular weight is 1010 g/mol. The molecule has 0 unspecified atom stereocenters. The Kier molecular flexibility index (Phi) is 9.56. The summed E-state index contributed by atoms with van der Waals surface area (Å²) >= 11 is 0. The first-order chi connectivity index (χ1) is 31.9. The van der Waals surface area contributed by atoms with Gasteiger partial charge < -0.3 is 14.4 Å². The molecule has 9 rings (SSSR count). The minimum Gasteiger partial charge on any atom is -0.493 e. The largest absolute Gasteiger partial charge is 0.493 e. The first kappa shape index (κ1) is 37.0. The molecule has 0 fully saturated rings. The second-order valence-electron chi connectivity index (χ2n) is 19.9. The van der Waals surface area contributed by atoms with Crippen molar-refractivity contribution in [2.45, 2.75) is 104 Å². The fraction of sp³-hybridized carbons (Fsp3) is 0.276. The summed E-state index contributed by atoms with van der Waals surface area (Å²) in [6, 6.07) is 51.1. The van der Waals surface area contributed by atoms with Crippen molar-refractivity contribution in [2.24, 2.45) is 0 Å². The molecule has 2 aromatic heterocycles. The Hall–Kier alpha value is -5.44. The van der Waals surface area contributed by atoms with Gasteiger partial charge in [-0.1, -0.05) is 160 Å². The predicted octanol–water partition coefficient (Wildman–Crippen LogP) is 15.0. The van der Waals surface area contributed by atoms with Gasteiger partial charge in [-0.2, -0.15) is 47.0 Å². The van der Waals surface area contributed by atoms with Crippen LogP contribution in [0.15, 0.2) is 140 Å². The minimum atomic E-state index is -2.94. The Morgan fingerprint density at radius 2 is 1.22 bits per heavy atom. The van der Waals surface area contributed by atoms with Crippen molar-refractivity contribution in [1.82, 2.24) is 9.55 Å². The van der Waals surface area contributed by atoms with Crippen LogP contribution in [-0.2, 0) is 49.1 Å². The van der Waals surface area contributed by atoms with Gasteiger partial charge in [-0.3, -0.25) is 0 Å². The fourth-order valence-electron chi connectivity index (χ4n) is 8.88. The molecule has 0 spiro atoms. The molecule has 3 heterocycles. The van der Waals surface area contributed by atoms with E-state index in [-0.39, 0.29) is 48.4 Å². The smallest absolute Gasteiger partial charge is 0.135 e. The van der Waals surface area contributed by atoms with E-state index in [1.165, 1.54) is 34.6 Å². The number of fused-ring (bicyclic) bond motifs is 4. The van der Waals surface area contributed by atoms with Gasteiger partial charge in [0.25, 0.3) is 0 Å². The number of para-hydroxylation sites is 4. The van der Waals surface area contributed by atoms with Gasteiger partial charge in [-0.05, 0) is 80.6 Å². The fourth-order valence-corrected chi connectivity index (χ4v) is 8.88. The van der Waals surface area contributed by atoms with Gasteiger partial charge in [0.15, 0.2) is 0 Å². The molecule has 0 saturated heterocycles. The van der Waals surface area contributed by atoms with Crippen molar-refractivity contribution < 1.29 is 29.3 Å². The van der Waals surface area contributed by atoms with E-state index < -0.39 is 19.1 Å². The van der Waals surface area contributed by atoms with E-state index in [2.05, 4.69) is 164 Å². The summed E-state index contributed by atoms with van der Waals surface area (Å²) in [5.74, 6) is 0.398. The number of pyridine rings is 1. The van der Waals surface area contributed by atoms with Gasteiger partial charge in [0.2, 0.25) is 0 Å². The molecule has 0 bridgehead atoms. The van der Waals surface area contributed by atoms with Crippen LogP contribution in [-0.4, -0.2) is 9.55 Å². The molecule has 1 aliphatic heterocycles. The van der Waals surface area contributed by atoms with Crippen molar-refractivity contribution in [3.05, 3.63) is 197 Å². The van der Waals surface area contributed by atoms with Crippen LogP contribution < -0.4 is 9.80 Å². The van der Waals surface area contributed by atoms with E-state index in [4.69, 9.17) is 13.2 Å². The van der Waals surface area contributed by atoms with Gasteiger partial charge in [-0.15, -0.1) is 23.8 Å². The summed E-state index contributed by atoms with van der Waals surface area (Å²) in [6.07, 6.45) is 2.04. The van der Waals surface area contributed by atoms with Crippen LogP contribution in [0.4, 0.5) is 22.7 Å². The van der Waals surface area contributed by atoms with Crippen molar-refractivity contribution in [1.29, 1.82) is 0 Å². The summed E-state index contributed by atoms with van der Waals surface area (Å²) in [5.41, 5.74) is 9.18. The molecule has 63 heavy (non-hydrogen) atoms. The standard InChI is InChI=1S/C58H59N4.Pt/c1-55(2,3)43-33-40(34-44(36-43)60-38-61(51-27-18-17-26-50(51)60)54-47(56(4,5)6)23-19-24-48(54)57(7,8)9)32-39-28-29-46-45-22-15-16-25-49(45)62(52(46)35-39)53-37-42(30-31-59-53)58(10,11)41-20-13-12-14-21-41;/h12-31,33,36-38H,32H2,1-11H3;/q-3;/i10D3,11D3;. The maximum absolute atomic E-state index is 8.81. The SMILES string of the molecule is [2H]C([2H])([2H])C(c1ccccc1)(c1ccnc(-n2c3[c-]c(Cc4[c-]c(N5[CH-]N(c6c(C(C)(C)C)cccc6C(C)(C)C)c6ccccc65)cc(C(C)(C)C)c4)ccc3c3ccccc32)c1)C([2H])([2H])[2H].[Pt]. The van der Waals surface area contributed by atoms with Crippen molar-refractivity contribution in [3.8, 4) is 5.82 Å². The van der Waals surface area contributed by atoms with Gasteiger partial charge in [-0.25, -0.2) is 4.98 Å². The summed E-state index contributed by atoms with van der Waals surface area (Å²) < 4.78 is 54.8. The summed E-state index contributed by atoms with van der Waals surface area (Å²) in [5, 5.41) is 1.91. The molecule has 4 nitrogen and oxygen atoms in total. The maximum Gasteiger partial charge on any atom is 0.135 e. The molecule has 0 atom stereocenters. The Labute approximate surface area is 398 Å². The number of aromatic nitrogens is 2. The van der Waals surface area contributed by atoms with Gasteiger partial charge in [0.1, 0.15) is 5.82 Å². The molecule has 0 aliphatic carbocycles. The van der Waals surface area contributed by atoms with Gasteiger partial charge >= 0.3 is 0 Å². The Morgan fingerprint density at radius 1 is 0.571 bits per heavy atom. The average Bonchev–Trinajstić information content (AvgIpc) is 3.81. The molecule has 324 valence electrons. The Balaban J connectivity index is 0.00000642. The third kappa shape index (κ3) is 8.17. The molecule has 5 heteroatoms. The minimum absolute atomic E-state index is 0. The first-order valence-electron chi connectivity index (χ1n) is 24.6. The first-order valence-corrected chi connectivity index (χ1v) is 21.6. The van der Waals surface area contributed by atoms with Crippen molar-refractivity contribution in [3.63, 3.8) is 0 Å². The Morgan fingerprint density at radius 3 is 1.89 bits per heavy atom. The van der Waals surface area contributed by atoms with Gasteiger partial charge in [0.05, 0.1) is 0 Å². The van der Waals surface area contributed by atoms with E-state index in [0.717, 1.165) is 50.0 Å². The molecular formula is C58H59N4Pt-3. The number of hydrogen-bond acceptors (Lipinski definition) is 3. The molecular weight excluding hydrogens is 948 g/mol. The molecule has 1 aliphatic rings. The molecule has 0 N–H and O–H groups in total. The zero-order chi connectivity index (χ0) is 48.8. The van der Waals surface area contributed by atoms with E-state index in [1.807, 2.05) is 22.8 Å². The molecule has 6 aromatic carbocycles. The van der Waals surface area contributed by atoms with Crippen LogP contribution in [0.5, 0.6) is 0 Å².